The number of carbonyl (C=O) groups excluding carboxylic acids is 1. The first-order valence-electron chi connectivity index (χ1n) is 4.52. The van der Waals surface area contributed by atoms with Gasteiger partial charge in [-0.15, -0.1) is 0 Å². The third kappa shape index (κ3) is 4.69. The summed E-state index contributed by atoms with van der Waals surface area (Å²) in [7, 11) is 0. The van der Waals surface area contributed by atoms with Crippen molar-refractivity contribution >= 4 is 6.09 Å². The summed E-state index contributed by atoms with van der Waals surface area (Å²) in [6.07, 6.45) is 1.33. The Morgan fingerprint density at radius 2 is 2.23 bits per heavy atom. The average Bonchev–Trinajstić information content (AvgIpc) is 2.14. The highest BCUT2D eigenvalue weighted by molar-refractivity contribution is 5.64. The Kier molecular flexibility index (Phi) is 4.56. The zero-order valence-electron chi connectivity index (χ0n) is 7.62. The van der Waals surface area contributed by atoms with Crippen molar-refractivity contribution in [3.8, 4) is 0 Å². The van der Waals surface area contributed by atoms with Crippen LogP contribution in [0.4, 0.5) is 4.79 Å². The number of rotatable bonds is 4. The van der Waals surface area contributed by atoms with Gasteiger partial charge in [-0.3, -0.25) is 0 Å². The maximum Gasteiger partial charge on any atom is 0.404 e. The lowest BCUT2D eigenvalue weighted by Crippen LogP contribution is -2.37. The molecule has 1 aliphatic heterocycles. The van der Waals surface area contributed by atoms with E-state index in [1.807, 2.05) is 0 Å². The van der Waals surface area contributed by atoms with Gasteiger partial charge in [-0.05, 0) is 12.8 Å². The summed E-state index contributed by atoms with van der Waals surface area (Å²) in [5.74, 6) is 0. The van der Waals surface area contributed by atoms with Crippen LogP contribution >= 0.6 is 0 Å². The molecule has 0 radical (unpaired) electrons. The molecule has 5 heteroatoms. The fraction of sp³-hybridized carbons (Fsp3) is 0.875. The minimum atomic E-state index is -0.714. The maximum atomic E-state index is 10.2. The van der Waals surface area contributed by atoms with Crippen LogP contribution in [0.2, 0.25) is 0 Å². The molecule has 0 bridgehead atoms. The van der Waals surface area contributed by atoms with Crippen molar-refractivity contribution in [3.05, 3.63) is 0 Å². The first-order chi connectivity index (χ1) is 6.29. The molecular formula is C8H16N2O3. The van der Waals surface area contributed by atoms with E-state index in [0.717, 1.165) is 26.1 Å². The number of hydrogen-bond acceptors (Lipinski definition) is 4. The lowest BCUT2D eigenvalue weighted by molar-refractivity contribution is 0.0758. The van der Waals surface area contributed by atoms with Crippen LogP contribution in [0, 0.1) is 0 Å². The van der Waals surface area contributed by atoms with E-state index in [2.05, 4.69) is 10.1 Å². The number of nitrogens with two attached hydrogens (primary N) is 1. The van der Waals surface area contributed by atoms with Crippen molar-refractivity contribution in [2.24, 2.45) is 5.73 Å². The Morgan fingerprint density at radius 1 is 1.54 bits per heavy atom. The van der Waals surface area contributed by atoms with E-state index in [-0.39, 0.29) is 0 Å². The second kappa shape index (κ2) is 5.77. The zero-order valence-corrected chi connectivity index (χ0v) is 7.62. The Bertz CT molecular complexity index is 157. The maximum absolute atomic E-state index is 10.2. The van der Waals surface area contributed by atoms with Crippen LogP contribution in [0.15, 0.2) is 0 Å². The number of ether oxygens (including phenoxy) is 2. The summed E-state index contributed by atoms with van der Waals surface area (Å²) >= 11 is 0. The topological polar surface area (TPSA) is 73.6 Å². The quantitative estimate of drug-likeness (QED) is 0.602. The van der Waals surface area contributed by atoms with Crippen LogP contribution in [0.1, 0.15) is 12.8 Å². The first kappa shape index (κ1) is 10.3. The standard InChI is InChI=1S/C8H16N2O3/c9-8(11)13-6-3-10-7-1-4-12-5-2-7/h7,10H,1-6H2,(H2,9,11). The Balaban J connectivity index is 1.95. The minimum Gasteiger partial charge on any atom is -0.448 e. The minimum absolute atomic E-state index is 0.340. The lowest BCUT2D eigenvalue weighted by atomic mass is 10.1. The van der Waals surface area contributed by atoms with Gasteiger partial charge in [0.15, 0.2) is 0 Å². The van der Waals surface area contributed by atoms with Crippen LogP contribution in [0.3, 0.4) is 0 Å². The van der Waals surface area contributed by atoms with Crippen molar-refractivity contribution < 1.29 is 14.3 Å². The van der Waals surface area contributed by atoms with E-state index in [1.54, 1.807) is 0 Å². The second-order valence-corrected chi connectivity index (χ2v) is 3.01. The molecule has 76 valence electrons. The van der Waals surface area contributed by atoms with Gasteiger partial charge in [0.05, 0.1) is 0 Å². The summed E-state index contributed by atoms with van der Waals surface area (Å²) in [6.45, 7) is 2.63. The van der Waals surface area contributed by atoms with Gasteiger partial charge in [0.2, 0.25) is 0 Å². The Labute approximate surface area is 77.6 Å². The van der Waals surface area contributed by atoms with Gasteiger partial charge in [-0.25, -0.2) is 4.79 Å². The predicted octanol–water partition coefficient (Wildman–Crippen LogP) is -0.150. The zero-order chi connectivity index (χ0) is 9.52. The molecule has 0 unspecified atom stereocenters. The van der Waals surface area contributed by atoms with Gasteiger partial charge in [-0.1, -0.05) is 0 Å². The number of amides is 1. The number of primary amides is 1. The van der Waals surface area contributed by atoms with E-state index in [1.165, 1.54) is 0 Å². The van der Waals surface area contributed by atoms with Crippen molar-refractivity contribution in [1.29, 1.82) is 0 Å². The fourth-order valence-corrected chi connectivity index (χ4v) is 1.32. The van der Waals surface area contributed by atoms with E-state index in [9.17, 15) is 4.79 Å². The highest BCUT2D eigenvalue weighted by atomic mass is 16.5. The average molecular weight is 188 g/mol. The highest BCUT2D eigenvalue weighted by Crippen LogP contribution is 2.05. The summed E-state index contributed by atoms with van der Waals surface area (Å²) in [5.41, 5.74) is 4.80. The summed E-state index contributed by atoms with van der Waals surface area (Å²) < 4.78 is 9.78. The van der Waals surface area contributed by atoms with Crippen LogP contribution in [-0.4, -0.2) is 38.5 Å². The monoisotopic (exact) mass is 188 g/mol. The summed E-state index contributed by atoms with van der Waals surface area (Å²) in [4.78, 5) is 10.2. The molecule has 3 N–H and O–H groups in total. The molecule has 1 aliphatic rings. The smallest absolute Gasteiger partial charge is 0.404 e. The Morgan fingerprint density at radius 3 is 2.85 bits per heavy atom. The number of hydrogen-bond donors (Lipinski definition) is 2. The van der Waals surface area contributed by atoms with Crippen molar-refractivity contribution in [1.82, 2.24) is 5.32 Å². The largest absolute Gasteiger partial charge is 0.448 e. The highest BCUT2D eigenvalue weighted by Gasteiger charge is 2.12. The van der Waals surface area contributed by atoms with E-state index < -0.39 is 6.09 Å². The third-order valence-corrected chi connectivity index (χ3v) is 2.00. The molecule has 0 aromatic rings. The molecule has 5 nitrogen and oxygen atoms in total. The molecule has 1 saturated heterocycles. The SMILES string of the molecule is NC(=O)OCCNC1CCOCC1. The molecule has 1 fully saturated rings. The van der Waals surface area contributed by atoms with E-state index in [4.69, 9.17) is 10.5 Å². The Hall–Kier alpha value is -0.810. The molecule has 0 saturated carbocycles. The van der Waals surface area contributed by atoms with Crippen LogP contribution < -0.4 is 11.1 Å². The number of carbonyl (C=O) groups is 1. The molecule has 0 spiro atoms. The van der Waals surface area contributed by atoms with Crippen molar-refractivity contribution in [2.45, 2.75) is 18.9 Å². The van der Waals surface area contributed by atoms with Gasteiger partial charge in [-0.2, -0.15) is 0 Å². The number of nitrogens with one attached hydrogen (secondary N) is 1. The molecule has 0 aromatic heterocycles. The molecule has 1 amide bonds. The summed E-state index contributed by atoms with van der Waals surface area (Å²) in [6, 6.07) is 0.491. The second-order valence-electron chi connectivity index (χ2n) is 3.01. The third-order valence-electron chi connectivity index (χ3n) is 2.00. The van der Waals surface area contributed by atoms with Crippen LogP contribution in [0.25, 0.3) is 0 Å². The summed E-state index contributed by atoms with van der Waals surface area (Å²) in [5, 5.41) is 3.26. The molecule has 1 heterocycles. The first-order valence-corrected chi connectivity index (χ1v) is 4.52. The predicted molar refractivity (Wildman–Crippen MR) is 47.4 cm³/mol. The molecule has 0 atom stereocenters. The molecule has 0 aliphatic carbocycles. The van der Waals surface area contributed by atoms with Crippen LogP contribution in [0.5, 0.6) is 0 Å². The van der Waals surface area contributed by atoms with Crippen molar-refractivity contribution in [2.75, 3.05) is 26.4 Å². The van der Waals surface area contributed by atoms with Gasteiger partial charge >= 0.3 is 6.09 Å². The lowest BCUT2D eigenvalue weighted by Gasteiger charge is -2.22. The van der Waals surface area contributed by atoms with Gasteiger partial charge in [0.25, 0.3) is 0 Å². The van der Waals surface area contributed by atoms with Gasteiger partial charge in [0.1, 0.15) is 6.61 Å². The molecule has 0 aromatic carbocycles. The fourth-order valence-electron chi connectivity index (χ4n) is 1.32. The molecule has 13 heavy (non-hydrogen) atoms. The van der Waals surface area contributed by atoms with E-state index in [0.29, 0.717) is 19.2 Å². The molecular weight excluding hydrogens is 172 g/mol. The van der Waals surface area contributed by atoms with Gasteiger partial charge < -0.3 is 20.5 Å². The van der Waals surface area contributed by atoms with Gasteiger partial charge in [0, 0.05) is 25.8 Å². The molecule has 1 rings (SSSR count). The van der Waals surface area contributed by atoms with Crippen LogP contribution in [-0.2, 0) is 9.47 Å². The van der Waals surface area contributed by atoms with E-state index >= 15 is 0 Å². The normalized spacial score (nSPS) is 18.5. The van der Waals surface area contributed by atoms with Crippen molar-refractivity contribution in [3.63, 3.8) is 0 Å².